The highest BCUT2D eigenvalue weighted by molar-refractivity contribution is 6.03. The van der Waals surface area contributed by atoms with Gasteiger partial charge in [0.1, 0.15) is 22.8 Å². The number of benzene rings is 1. The fraction of sp³-hybridized carbons (Fsp3) is 0.292. The first-order valence-electron chi connectivity index (χ1n) is 10.4. The highest BCUT2D eigenvalue weighted by atomic mass is 16.5. The molecule has 1 atom stereocenters. The molecule has 7 heteroatoms. The predicted octanol–water partition coefficient (Wildman–Crippen LogP) is 4.23. The van der Waals surface area contributed by atoms with Gasteiger partial charge in [-0.15, -0.1) is 0 Å². The molecule has 4 aromatic rings. The Morgan fingerprint density at radius 3 is 2.74 bits per heavy atom. The Morgan fingerprint density at radius 1 is 1.19 bits per heavy atom. The van der Waals surface area contributed by atoms with Gasteiger partial charge in [-0.1, -0.05) is 12.1 Å². The van der Waals surface area contributed by atoms with Crippen LogP contribution in [0.5, 0.6) is 5.75 Å². The zero-order chi connectivity index (χ0) is 21.4. The van der Waals surface area contributed by atoms with Gasteiger partial charge in [-0.05, 0) is 54.8 Å². The van der Waals surface area contributed by atoms with Gasteiger partial charge in [0, 0.05) is 24.3 Å². The second kappa shape index (κ2) is 8.00. The van der Waals surface area contributed by atoms with Crippen LogP contribution in [0.3, 0.4) is 0 Å². The number of methoxy groups -OCH3 is 1. The number of aromatic nitrogens is 4. The summed E-state index contributed by atoms with van der Waals surface area (Å²) in [6, 6.07) is 12.5. The van der Waals surface area contributed by atoms with Crippen LogP contribution >= 0.6 is 0 Å². The SMILES string of the molecule is COc1ccc(-c2cc(N3CCOC[C@H]3C)nc3c(-c4ccn[nH]4)ncc(C)c23)cc1. The third-order valence-electron chi connectivity index (χ3n) is 5.83. The van der Waals surface area contributed by atoms with E-state index in [1.165, 1.54) is 0 Å². The van der Waals surface area contributed by atoms with Gasteiger partial charge in [0.15, 0.2) is 0 Å². The van der Waals surface area contributed by atoms with Gasteiger partial charge in [0.2, 0.25) is 0 Å². The molecule has 1 fully saturated rings. The summed E-state index contributed by atoms with van der Waals surface area (Å²) in [6.45, 7) is 6.44. The minimum absolute atomic E-state index is 0.246. The molecule has 7 nitrogen and oxygen atoms in total. The molecule has 1 saturated heterocycles. The molecule has 158 valence electrons. The van der Waals surface area contributed by atoms with E-state index in [0.717, 1.165) is 57.1 Å². The van der Waals surface area contributed by atoms with E-state index in [0.29, 0.717) is 13.2 Å². The van der Waals surface area contributed by atoms with Gasteiger partial charge >= 0.3 is 0 Å². The summed E-state index contributed by atoms with van der Waals surface area (Å²) in [5.74, 6) is 1.77. The van der Waals surface area contributed by atoms with Crippen molar-refractivity contribution < 1.29 is 9.47 Å². The summed E-state index contributed by atoms with van der Waals surface area (Å²) < 4.78 is 11.0. The number of fused-ring (bicyclic) bond motifs is 1. The first-order chi connectivity index (χ1) is 15.2. The summed E-state index contributed by atoms with van der Waals surface area (Å²) >= 11 is 0. The molecule has 0 bridgehead atoms. The number of H-pyrrole nitrogens is 1. The molecule has 1 aliphatic rings. The van der Waals surface area contributed by atoms with E-state index in [1.54, 1.807) is 13.3 Å². The number of ether oxygens (including phenoxy) is 2. The number of pyridine rings is 2. The standard InChI is InChI=1S/C24H25N5O2/c1-15-13-25-23(20-8-9-26-28-20)24-22(15)19(17-4-6-18(30-3)7-5-17)12-21(27-24)29-10-11-31-14-16(29)2/h4-9,12-13,16H,10-11,14H2,1-3H3,(H,26,28)/t16-/m1/s1. The molecule has 3 aromatic heterocycles. The Kier molecular flexibility index (Phi) is 5.03. The van der Waals surface area contributed by atoms with E-state index >= 15 is 0 Å². The lowest BCUT2D eigenvalue weighted by Crippen LogP contribution is -2.44. The van der Waals surface area contributed by atoms with Crippen LogP contribution in [0.15, 0.2) is 48.8 Å². The molecule has 1 N–H and O–H groups in total. The predicted molar refractivity (Wildman–Crippen MR) is 121 cm³/mol. The molecular formula is C24H25N5O2. The summed E-state index contributed by atoms with van der Waals surface area (Å²) in [6.07, 6.45) is 3.64. The second-order valence-electron chi connectivity index (χ2n) is 7.86. The van der Waals surface area contributed by atoms with E-state index in [9.17, 15) is 0 Å². The molecule has 31 heavy (non-hydrogen) atoms. The normalized spacial score (nSPS) is 16.6. The molecule has 0 aliphatic carbocycles. The van der Waals surface area contributed by atoms with Crippen molar-refractivity contribution in [2.45, 2.75) is 19.9 Å². The van der Waals surface area contributed by atoms with Crippen molar-refractivity contribution in [1.29, 1.82) is 0 Å². The maximum absolute atomic E-state index is 5.65. The van der Waals surface area contributed by atoms with Gasteiger partial charge in [0.05, 0.1) is 32.1 Å². The van der Waals surface area contributed by atoms with Crippen LogP contribution in [0, 0.1) is 6.92 Å². The van der Waals surface area contributed by atoms with Crippen LogP contribution in [0.2, 0.25) is 0 Å². The minimum Gasteiger partial charge on any atom is -0.497 e. The Bertz CT molecular complexity index is 1210. The lowest BCUT2D eigenvalue weighted by molar-refractivity contribution is 0.0986. The average molecular weight is 415 g/mol. The van der Waals surface area contributed by atoms with E-state index in [1.807, 2.05) is 24.4 Å². The zero-order valence-corrected chi connectivity index (χ0v) is 17.9. The number of hydrogen-bond acceptors (Lipinski definition) is 6. The highest BCUT2D eigenvalue weighted by Crippen LogP contribution is 2.37. The van der Waals surface area contributed by atoms with Crippen LogP contribution in [0.4, 0.5) is 5.82 Å². The molecule has 1 aliphatic heterocycles. The molecule has 0 spiro atoms. The largest absolute Gasteiger partial charge is 0.497 e. The third kappa shape index (κ3) is 3.51. The van der Waals surface area contributed by atoms with Crippen LogP contribution in [0.25, 0.3) is 33.4 Å². The molecule has 0 radical (unpaired) electrons. The third-order valence-corrected chi connectivity index (χ3v) is 5.83. The zero-order valence-electron chi connectivity index (χ0n) is 17.9. The van der Waals surface area contributed by atoms with Crippen molar-refractivity contribution in [2.75, 3.05) is 31.8 Å². The topological polar surface area (TPSA) is 76.2 Å². The minimum atomic E-state index is 0.246. The summed E-state index contributed by atoms with van der Waals surface area (Å²) in [5, 5.41) is 8.25. The monoisotopic (exact) mass is 415 g/mol. The van der Waals surface area contributed by atoms with Crippen molar-refractivity contribution in [3.8, 4) is 28.3 Å². The van der Waals surface area contributed by atoms with Gasteiger partial charge in [0.25, 0.3) is 0 Å². The molecule has 0 saturated carbocycles. The quantitative estimate of drug-likeness (QED) is 0.538. The fourth-order valence-electron chi connectivity index (χ4n) is 4.19. The number of rotatable bonds is 4. The van der Waals surface area contributed by atoms with Crippen molar-refractivity contribution in [3.05, 3.63) is 54.4 Å². The van der Waals surface area contributed by atoms with Gasteiger partial charge in [-0.2, -0.15) is 5.10 Å². The Balaban J connectivity index is 1.79. The first-order valence-corrected chi connectivity index (χ1v) is 10.4. The number of anilines is 1. The highest BCUT2D eigenvalue weighted by Gasteiger charge is 2.23. The summed E-state index contributed by atoms with van der Waals surface area (Å²) in [5.41, 5.74) is 5.84. The number of nitrogens with zero attached hydrogens (tertiary/aromatic N) is 4. The van der Waals surface area contributed by atoms with Gasteiger partial charge in [-0.3, -0.25) is 10.1 Å². The Labute approximate surface area is 181 Å². The molecule has 1 aromatic carbocycles. The van der Waals surface area contributed by atoms with Crippen molar-refractivity contribution in [1.82, 2.24) is 20.2 Å². The van der Waals surface area contributed by atoms with Crippen LogP contribution in [-0.2, 0) is 4.74 Å². The lowest BCUT2D eigenvalue weighted by Gasteiger charge is -2.34. The van der Waals surface area contributed by atoms with E-state index in [4.69, 9.17) is 19.4 Å². The van der Waals surface area contributed by atoms with Crippen molar-refractivity contribution in [2.24, 2.45) is 0 Å². The van der Waals surface area contributed by atoms with Crippen LogP contribution in [-0.4, -0.2) is 53.1 Å². The lowest BCUT2D eigenvalue weighted by atomic mass is 9.97. The molecule has 0 amide bonds. The smallest absolute Gasteiger partial charge is 0.130 e. The van der Waals surface area contributed by atoms with Gasteiger partial charge in [-0.25, -0.2) is 4.98 Å². The van der Waals surface area contributed by atoms with Gasteiger partial charge < -0.3 is 14.4 Å². The Morgan fingerprint density at radius 2 is 2.03 bits per heavy atom. The molecule has 5 rings (SSSR count). The van der Waals surface area contributed by atoms with E-state index in [-0.39, 0.29) is 6.04 Å². The van der Waals surface area contributed by atoms with Crippen LogP contribution < -0.4 is 9.64 Å². The molecule has 0 unspecified atom stereocenters. The maximum atomic E-state index is 5.65. The second-order valence-corrected chi connectivity index (χ2v) is 7.86. The number of aromatic amines is 1. The van der Waals surface area contributed by atoms with Crippen molar-refractivity contribution >= 4 is 16.7 Å². The Hall–Kier alpha value is -3.45. The number of hydrogen-bond donors (Lipinski definition) is 1. The number of aryl methyl sites for hydroxylation is 1. The molecule has 4 heterocycles. The first kappa shape index (κ1) is 19.5. The number of morpholine rings is 1. The van der Waals surface area contributed by atoms with E-state index < -0.39 is 0 Å². The maximum Gasteiger partial charge on any atom is 0.130 e. The number of nitrogens with one attached hydrogen (secondary N) is 1. The van der Waals surface area contributed by atoms with Crippen molar-refractivity contribution in [3.63, 3.8) is 0 Å². The fourth-order valence-corrected chi connectivity index (χ4v) is 4.19. The summed E-state index contributed by atoms with van der Waals surface area (Å²) in [7, 11) is 1.68. The van der Waals surface area contributed by atoms with Crippen LogP contribution in [0.1, 0.15) is 12.5 Å². The average Bonchev–Trinajstić information content (AvgIpc) is 3.34. The van der Waals surface area contributed by atoms with E-state index in [2.05, 4.69) is 47.1 Å². The molecular weight excluding hydrogens is 390 g/mol. The summed E-state index contributed by atoms with van der Waals surface area (Å²) in [4.78, 5) is 12.2.